The van der Waals surface area contributed by atoms with Crippen molar-refractivity contribution < 1.29 is 9.53 Å². The first-order valence-electron chi connectivity index (χ1n) is 6.32. The molecule has 0 aromatic carbocycles. The molecule has 5 nitrogen and oxygen atoms in total. The van der Waals surface area contributed by atoms with Crippen LogP contribution in [0.1, 0.15) is 13.8 Å². The SMILES string of the molecule is CCN(C(=O)C1COCCN1)C(C)CN(C)C. The van der Waals surface area contributed by atoms with Crippen LogP contribution in [-0.4, -0.2) is 74.7 Å². The molecule has 1 heterocycles. The van der Waals surface area contributed by atoms with Crippen LogP contribution in [0.2, 0.25) is 0 Å². The van der Waals surface area contributed by atoms with Crippen molar-refractivity contribution in [3.63, 3.8) is 0 Å². The van der Waals surface area contributed by atoms with E-state index in [1.807, 2.05) is 25.9 Å². The molecule has 1 amide bonds. The van der Waals surface area contributed by atoms with Gasteiger partial charge in [0.2, 0.25) is 5.91 Å². The third-order valence-electron chi connectivity index (χ3n) is 3.00. The molecule has 0 aliphatic carbocycles. The minimum Gasteiger partial charge on any atom is -0.378 e. The summed E-state index contributed by atoms with van der Waals surface area (Å²) < 4.78 is 5.34. The molecule has 0 aromatic rings. The largest absolute Gasteiger partial charge is 0.378 e. The second-order valence-corrected chi connectivity index (χ2v) is 4.82. The molecule has 0 saturated carbocycles. The summed E-state index contributed by atoms with van der Waals surface area (Å²) in [6, 6.07) is 0.0551. The maximum Gasteiger partial charge on any atom is 0.242 e. The Labute approximate surface area is 104 Å². The first-order valence-corrected chi connectivity index (χ1v) is 6.32. The molecule has 1 saturated heterocycles. The summed E-state index contributed by atoms with van der Waals surface area (Å²) in [7, 11) is 4.05. The predicted molar refractivity (Wildman–Crippen MR) is 68.0 cm³/mol. The van der Waals surface area contributed by atoms with Crippen molar-refractivity contribution in [3.8, 4) is 0 Å². The Morgan fingerprint density at radius 3 is 2.71 bits per heavy atom. The monoisotopic (exact) mass is 243 g/mol. The van der Waals surface area contributed by atoms with Crippen LogP contribution in [0.15, 0.2) is 0 Å². The van der Waals surface area contributed by atoms with Gasteiger partial charge in [-0.15, -0.1) is 0 Å². The van der Waals surface area contributed by atoms with Gasteiger partial charge in [-0.2, -0.15) is 0 Å². The molecule has 0 spiro atoms. The summed E-state index contributed by atoms with van der Waals surface area (Å²) in [6.07, 6.45) is 0. The molecule has 0 bridgehead atoms. The van der Waals surface area contributed by atoms with Gasteiger partial charge in [0, 0.05) is 25.7 Å². The molecule has 1 N–H and O–H groups in total. The van der Waals surface area contributed by atoms with Gasteiger partial charge in [-0.3, -0.25) is 4.79 Å². The van der Waals surface area contributed by atoms with E-state index in [9.17, 15) is 4.79 Å². The quantitative estimate of drug-likeness (QED) is 0.725. The first kappa shape index (κ1) is 14.4. The van der Waals surface area contributed by atoms with Gasteiger partial charge in [0.05, 0.1) is 13.2 Å². The van der Waals surface area contributed by atoms with Crippen molar-refractivity contribution in [2.75, 3.05) is 46.9 Å². The fraction of sp³-hybridized carbons (Fsp3) is 0.917. The molecule has 5 heteroatoms. The Kier molecular flexibility index (Phi) is 5.88. The normalized spacial score (nSPS) is 22.5. The van der Waals surface area contributed by atoms with Crippen molar-refractivity contribution in [2.45, 2.75) is 25.9 Å². The van der Waals surface area contributed by atoms with Crippen LogP contribution in [0.4, 0.5) is 0 Å². The minimum atomic E-state index is -0.173. The van der Waals surface area contributed by atoms with Crippen LogP contribution < -0.4 is 5.32 Å². The van der Waals surface area contributed by atoms with Gasteiger partial charge in [-0.1, -0.05) is 0 Å². The van der Waals surface area contributed by atoms with Crippen LogP contribution in [0.25, 0.3) is 0 Å². The zero-order valence-corrected chi connectivity index (χ0v) is 11.4. The third-order valence-corrected chi connectivity index (χ3v) is 3.00. The molecule has 2 atom stereocenters. The average molecular weight is 243 g/mol. The second-order valence-electron chi connectivity index (χ2n) is 4.82. The second kappa shape index (κ2) is 6.93. The van der Waals surface area contributed by atoms with Crippen molar-refractivity contribution >= 4 is 5.91 Å². The number of carbonyl (C=O) groups excluding carboxylic acids is 1. The highest BCUT2D eigenvalue weighted by Gasteiger charge is 2.28. The van der Waals surface area contributed by atoms with Crippen molar-refractivity contribution in [2.24, 2.45) is 0 Å². The van der Waals surface area contributed by atoms with E-state index < -0.39 is 0 Å². The molecule has 1 fully saturated rings. The molecular weight excluding hydrogens is 218 g/mol. The Morgan fingerprint density at radius 2 is 2.24 bits per heavy atom. The Hall–Kier alpha value is -0.650. The number of nitrogens with one attached hydrogen (secondary N) is 1. The highest BCUT2D eigenvalue weighted by Crippen LogP contribution is 2.06. The van der Waals surface area contributed by atoms with Crippen LogP contribution in [-0.2, 0) is 9.53 Å². The molecule has 0 radical (unpaired) electrons. The van der Waals surface area contributed by atoms with Crippen LogP contribution in [0.5, 0.6) is 0 Å². The topological polar surface area (TPSA) is 44.8 Å². The average Bonchev–Trinajstić information content (AvgIpc) is 2.30. The minimum absolute atomic E-state index is 0.154. The number of amides is 1. The summed E-state index contributed by atoms with van der Waals surface area (Å²) in [6.45, 7) is 7.68. The van der Waals surface area contributed by atoms with E-state index in [0.717, 1.165) is 19.6 Å². The van der Waals surface area contributed by atoms with E-state index in [1.165, 1.54) is 0 Å². The van der Waals surface area contributed by atoms with Gasteiger partial charge >= 0.3 is 0 Å². The number of nitrogens with zero attached hydrogens (tertiary/aromatic N) is 2. The van der Waals surface area contributed by atoms with Crippen LogP contribution in [0.3, 0.4) is 0 Å². The van der Waals surface area contributed by atoms with E-state index in [0.29, 0.717) is 13.2 Å². The maximum atomic E-state index is 12.3. The van der Waals surface area contributed by atoms with Crippen molar-refractivity contribution in [1.82, 2.24) is 15.1 Å². The van der Waals surface area contributed by atoms with Gasteiger partial charge in [-0.05, 0) is 27.9 Å². The fourth-order valence-corrected chi connectivity index (χ4v) is 2.24. The van der Waals surface area contributed by atoms with Gasteiger partial charge in [0.25, 0.3) is 0 Å². The standard InChI is InChI=1S/C12H25N3O2/c1-5-15(10(2)8-14(3)4)12(16)11-9-17-7-6-13-11/h10-11,13H,5-9H2,1-4H3. The summed E-state index contributed by atoms with van der Waals surface area (Å²) in [5.41, 5.74) is 0. The van der Waals surface area contributed by atoms with Crippen LogP contribution in [0, 0.1) is 0 Å². The summed E-state index contributed by atoms with van der Waals surface area (Å²) >= 11 is 0. The zero-order valence-electron chi connectivity index (χ0n) is 11.4. The fourth-order valence-electron chi connectivity index (χ4n) is 2.24. The number of ether oxygens (including phenoxy) is 1. The number of rotatable bonds is 5. The molecule has 100 valence electrons. The number of morpholine rings is 1. The van der Waals surface area contributed by atoms with Crippen molar-refractivity contribution in [1.29, 1.82) is 0 Å². The van der Waals surface area contributed by atoms with E-state index in [1.54, 1.807) is 0 Å². The molecule has 0 aromatic heterocycles. The summed E-state index contributed by atoms with van der Waals surface area (Å²) in [5, 5.41) is 3.21. The van der Waals surface area contributed by atoms with Crippen LogP contribution >= 0.6 is 0 Å². The highest BCUT2D eigenvalue weighted by atomic mass is 16.5. The maximum absolute atomic E-state index is 12.3. The van der Waals surface area contributed by atoms with Crippen molar-refractivity contribution in [3.05, 3.63) is 0 Å². The number of carbonyl (C=O) groups is 1. The smallest absolute Gasteiger partial charge is 0.242 e. The zero-order chi connectivity index (χ0) is 12.8. The van der Waals surface area contributed by atoms with E-state index in [-0.39, 0.29) is 18.0 Å². The van der Waals surface area contributed by atoms with Gasteiger partial charge in [-0.25, -0.2) is 0 Å². The number of hydrogen-bond donors (Lipinski definition) is 1. The molecular formula is C12H25N3O2. The Balaban J connectivity index is 2.55. The highest BCUT2D eigenvalue weighted by molar-refractivity contribution is 5.82. The van der Waals surface area contributed by atoms with E-state index >= 15 is 0 Å². The summed E-state index contributed by atoms with van der Waals surface area (Å²) in [4.78, 5) is 16.3. The number of hydrogen-bond acceptors (Lipinski definition) is 4. The molecule has 1 rings (SSSR count). The first-order chi connectivity index (χ1) is 8.06. The lowest BCUT2D eigenvalue weighted by Crippen LogP contribution is -2.55. The Morgan fingerprint density at radius 1 is 1.53 bits per heavy atom. The lowest BCUT2D eigenvalue weighted by Gasteiger charge is -2.34. The predicted octanol–water partition coefficient (Wildman–Crippen LogP) is -0.227. The molecule has 1 aliphatic heterocycles. The Bertz CT molecular complexity index is 240. The lowest BCUT2D eigenvalue weighted by atomic mass is 10.2. The third kappa shape index (κ3) is 4.26. The number of likely N-dealkylation sites (N-methyl/N-ethyl adjacent to an activating group) is 2. The van der Waals surface area contributed by atoms with Gasteiger partial charge in [0.15, 0.2) is 0 Å². The van der Waals surface area contributed by atoms with E-state index in [4.69, 9.17) is 4.74 Å². The van der Waals surface area contributed by atoms with Gasteiger partial charge in [0.1, 0.15) is 6.04 Å². The van der Waals surface area contributed by atoms with E-state index in [2.05, 4.69) is 17.1 Å². The lowest BCUT2D eigenvalue weighted by molar-refractivity contribution is -0.138. The molecule has 1 aliphatic rings. The van der Waals surface area contributed by atoms with Gasteiger partial charge < -0.3 is 19.9 Å². The molecule has 2 unspecified atom stereocenters. The summed E-state index contributed by atoms with van der Waals surface area (Å²) in [5.74, 6) is 0.154. The molecule has 17 heavy (non-hydrogen) atoms.